The number of alkyl halides is 6. The van der Waals surface area contributed by atoms with Gasteiger partial charge in [-0.2, -0.15) is 31.4 Å². The fourth-order valence-corrected chi connectivity index (χ4v) is 4.65. The highest BCUT2D eigenvalue weighted by Crippen LogP contribution is 2.40. The molecule has 0 aliphatic rings. The lowest BCUT2D eigenvalue weighted by atomic mass is 9.81. The van der Waals surface area contributed by atoms with Crippen LogP contribution in [0.15, 0.2) is 54.9 Å². The van der Waals surface area contributed by atoms with Crippen molar-refractivity contribution in [3.05, 3.63) is 87.7 Å². The number of carbonyl (C=O) groups is 1. The van der Waals surface area contributed by atoms with E-state index >= 15 is 0 Å². The summed E-state index contributed by atoms with van der Waals surface area (Å²) in [4.78, 5) is 19.2. The molecule has 0 aliphatic heterocycles. The highest BCUT2D eigenvalue weighted by Gasteiger charge is 2.41. The molecule has 206 valence electrons. The maximum Gasteiger partial charge on any atom is 0.416 e. The Morgan fingerprint density at radius 1 is 0.923 bits per heavy atom. The number of hydrogen-bond acceptors (Lipinski definition) is 3. The maximum atomic E-state index is 13.7. The minimum Gasteiger partial charge on any atom is -0.313 e. The summed E-state index contributed by atoms with van der Waals surface area (Å²) in [6.07, 6.45) is -6.22. The van der Waals surface area contributed by atoms with E-state index in [1.165, 1.54) is 32.0 Å². The number of nitrogens with zero attached hydrogens (tertiary/aromatic N) is 3. The Balaban J connectivity index is 1.75. The van der Waals surface area contributed by atoms with Gasteiger partial charge in [0.05, 0.1) is 34.6 Å². The number of H-pyrrole nitrogens is 1. The molecule has 4 rings (SSSR count). The molecular weight excluding hydrogens is 546 g/mol. The third kappa shape index (κ3) is 5.73. The highest BCUT2D eigenvalue weighted by atomic mass is 35.5. The fraction of sp³-hybridized carbons (Fsp3) is 0.296. The molecule has 0 spiro atoms. The standard InChI is InChI=1S/C27H23ClF6N4O/c1-25(2,16-10-17(26(29,30)31)12-18(11-16)27(32,33)34)24(39)38(3)22-14-35-23-20(13-36-37-23)19(22)9-8-15-6-4-5-7-21(15)28/h4-7,10-14H,8-9H2,1-3H3,(H,35,36,37). The van der Waals surface area contributed by atoms with Crippen molar-refractivity contribution in [2.75, 3.05) is 11.9 Å². The molecule has 5 nitrogen and oxygen atoms in total. The number of carbonyl (C=O) groups excluding carboxylic acids is 1. The van der Waals surface area contributed by atoms with Crippen molar-refractivity contribution in [3.8, 4) is 0 Å². The maximum absolute atomic E-state index is 13.7. The van der Waals surface area contributed by atoms with E-state index in [9.17, 15) is 31.1 Å². The van der Waals surface area contributed by atoms with E-state index in [1.807, 2.05) is 12.1 Å². The van der Waals surface area contributed by atoms with Crippen LogP contribution in [0, 0.1) is 0 Å². The number of amides is 1. The van der Waals surface area contributed by atoms with E-state index in [4.69, 9.17) is 11.6 Å². The average molecular weight is 569 g/mol. The molecule has 1 N–H and O–H groups in total. The number of aromatic nitrogens is 3. The summed E-state index contributed by atoms with van der Waals surface area (Å²) in [6.45, 7) is 2.57. The van der Waals surface area contributed by atoms with Gasteiger partial charge in [-0.3, -0.25) is 9.89 Å². The van der Waals surface area contributed by atoms with Gasteiger partial charge in [0.2, 0.25) is 5.91 Å². The number of hydrogen-bond donors (Lipinski definition) is 1. The van der Waals surface area contributed by atoms with Crippen LogP contribution in [0.3, 0.4) is 0 Å². The van der Waals surface area contributed by atoms with Crippen molar-refractivity contribution in [1.82, 2.24) is 15.2 Å². The minimum absolute atomic E-state index is 0.0390. The molecule has 2 aromatic heterocycles. The molecule has 0 saturated heterocycles. The van der Waals surface area contributed by atoms with Crippen molar-refractivity contribution >= 4 is 34.2 Å². The second kappa shape index (κ2) is 10.2. The smallest absolute Gasteiger partial charge is 0.313 e. The Kier molecular flexibility index (Phi) is 7.41. The third-order valence-corrected chi connectivity index (χ3v) is 7.05. The van der Waals surface area contributed by atoms with Crippen molar-refractivity contribution in [3.63, 3.8) is 0 Å². The predicted molar refractivity (Wildman–Crippen MR) is 136 cm³/mol. The fourth-order valence-electron chi connectivity index (χ4n) is 4.42. The molecule has 0 bridgehead atoms. The van der Waals surface area contributed by atoms with Crippen molar-refractivity contribution < 1.29 is 31.1 Å². The van der Waals surface area contributed by atoms with Crippen LogP contribution in [-0.4, -0.2) is 28.1 Å². The lowest BCUT2D eigenvalue weighted by Gasteiger charge is -2.32. The molecule has 2 heterocycles. The minimum atomic E-state index is -5.04. The summed E-state index contributed by atoms with van der Waals surface area (Å²) in [7, 11) is 1.41. The molecule has 0 atom stereocenters. The molecule has 0 unspecified atom stereocenters. The summed E-state index contributed by atoms with van der Waals surface area (Å²) in [6, 6.07) is 8.44. The number of pyridine rings is 1. The van der Waals surface area contributed by atoms with E-state index in [-0.39, 0.29) is 6.07 Å². The van der Waals surface area contributed by atoms with Crippen molar-refractivity contribution in [2.24, 2.45) is 0 Å². The molecule has 0 aliphatic carbocycles. The zero-order chi connectivity index (χ0) is 28.8. The van der Waals surface area contributed by atoms with Gasteiger partial charge in [-0.1, -0.05) is 29.8 Å². The molecule has 12 heteroatoms. The lowest BCUT2D eigenvalue weighted by Crippen LogP contribution is -2.42. The van der Waals surface area contributed by atoms with Crippen LogP contribution in [0.5, 0.6) is 0 Å². The number of nitrogens with one attached hydrogen (secondary N) is 1. The molecule has 0 saturated carbocycles. The normalized spacial score (nSPS) is 12.7. The molecule has 4 aromatic rings. The van der Waals surface area contributed by atoms with E-state index < -0.39 is 40.4 Å². The van der Waals surface area contributed by atoms with Crippen LogP contribution in [0.25, 0.3) is 11.0 Å². The van der Waals surface area contributed by atoms with Crippen LogP contribution in [0.4, 0.5) is 32.0 Å². The van der Waals surface area contributed by atoms with E-state index in [0.29, 0.717) is 52.3 Å². The number of anilines is 1. The molecule has 0 fully saturated rings. The zero-order valence-corrected chi connectivity index (χ0v) is 21.8. The zero-order valence-electron chi connectivity index (χ0n) is 21.0. The van der Waals surface area contributed by atoms with E-state index in [2.05, 4.69) is 15.2 Å². The Hall–Kier alpha value is -3.60. The first-order valence-electron chi connectivity index (χ1n) is 11.7. The molecule has 0 radical (unpaired) electrons. The highest BCUT2D eigenvalue weighted by molar-refractivity contribution is 6.31. The van der Waals surface area contributed by atoms with Crippen LogP contribution >= 0.6 is 11.6 Å². The summed E-state index contributed by atoms with van der Waals surface area (Å²) >= 11 is 6.30. The number of likely N-dealkylation sites (N-methyl/N-ethyl adjacent to an activating group) is 1. The van der Waals surface area contributed by atoms with E-state index in [1.54, 1.807) is 18.3 Å². The van der Waals surface area contributed by atoms with Gasteiger partial charge >= 0.3 is 12.4 Å². The first kappa shape index (κ1) is 28.4. The van der Waals surface area contributed by atoms with Gasteiger partial charge in [0.15, 0.2) is 5.65 Å². The number of fused-ring (bicyclic) bond motifs is 1. The molecule has 39 heavy (non-hydrogen) atoms. The van der Waals surface area contributed by atoms with Gasteiger partial charge in [0.25, 0.3) is 0 Å². The van der Waals surface area contributed by atoms with Crippen LogP contribution in [-0.2, 0) is 35.4 Å². The van der Waals surface area contributed by atoms with Crippen LogP contribution in [0.1, 0.15) is 41.7 Å². The SMILES string of the molecule is CN(C(=O)C(C)(C)c1cc(C(F)(F)F)cc(C(F)(F)F)c1)c1cnc2[nH]ncc2c1CCc1ccccc1Cl. The Morgan fingerprint density at radius 2 is 1.51 bits per heavy atom. The number of benzene rings is 2. The summed E-state index contributed by atoms with van der Waals surface area (Å²) < 4.78 is 80.9. The third-order valence-electron chi connectivity index (χ3n) is 6.68. The first-order chi connectivity index (χ1) is 18.1. The van der Waals surface area contributed by atoms with Gasteiger partial charge in [-0.25, -0.2) is 4.98 Å². The Bertz CT molecular complexity index is 1490. The lowest BCUT2D eigenvalue weighted by molar-refractivity contribution is -0.143. The second-order valence-corrected chi connectivity index (χ2v) is 10.0. The number of halogens is 7. The van der Waals surface area contributed by atoms with Gasteiger partial charge in [-0.05, 0) is 67.6 Å². The van der Waals surface area contributed by atoms with Crippen molar-refractivity contribution in [2.45, 2.75) is 44.5 Å². The summed E-state index contributed by atoms with van der Waals surface area (Å²) in [5, 5.41) is 7.95. The number of rotatable bonds is 6. The van der Waals surface area contributed by atoms with E-state index in [0.717, 1.165) is 5.56 Å². The average Bonchev–Trinajstić information content (AvgIpc) is 3.35. The molecule has 2 aromatic carbocycles. The van der Waals surface area contributed by atoms with Gasteiger partial charge in [0.1, 0.15) is 0 Å². The number of aromatic amines is 1. The predicted octanol–water partition coefficient (Wildman–Crippen LogP) is 7.37. The quantitative estimate of drug-likeness (QED) is 0.247. The van der Waals surface area contributed by atoms with Gasteiger partial charge in [-0.15, -0.1) is 0 Å². The first-order valence-corrected chi connectivity index (χ1v) is 12.1. The topological polar surface area (TPSA) is 61.9 Å². The summed E-state index contributed by atoms with van der Waals surface area (Å²) in [5.74, 6) is -0.724. The van der Waals surface area contributed by atoms with Crippen LogP contribution < -0.4 is 4.90 Å². The molecule has 1 amide bonds. The van der Waals surface area contributed by atoms with Gasteiger partial charge < -0.3 is 4.90 Å². The number of aryl methyl sites for hydroxylation is 2. The summed E-state index contributed by atoms with van der Waals surface area (Å²) in [5.41, 5.74) is -2.83. The van der Waals surface area contributed by atoms with Gasteiger partial charge in [0, 0.05) is 17.5 Å². The molecular formula is C27H23ClF6N4O. The van der Waals surface area contributed by atoms with Crippen molar-refractivity contribution in [1.29, 1.82) is 0 Å². The van der Waals surface area contributed by atoms with Crippen LogP contribution in [0.2, 0.25) is 5.02 Å². The second-order valence-electron chi connectivity index (χ2n) is 9.63. The Labute approximate surface area is 224 Å². The largest absolute Gasteiger partial charge is 0.416 e. The Morgan fingerprint density at radius 3 is 2.10 bits per heavy atom. The monoisotopic (exact) mass is 568 g/mol.